The quantitative estimate of drug-likeness (QED) is 0.569. The molecule has 0 rings (SSSR count). The van der Waals surface area contributed by atoms with Crippen LogP contribution in [0.2, 0.25) is 0 Å². The van der Waals surface area contributed by atoms with Crippen molar-refractivity contribution in [2.45, 2.75) is 47.6 Å². The number of carboxylic acids is 1. The maximum absolute atomic E-state index is 10.6. The molecule has 0 heterocycles. The van der Waals surface area contributed by atoms with Gasteiger partial charge in [-0.25, -0.2) is 0 Å². The Morgan fingerprint density at radius 3 is 1.17 bits per heavy atom. The third-order valence-electron chi connectivity index (χ3n) is 1.28. The summed E-state index contributed by atoms with van der Waals surface area (Å²) in [6.07, 6.45) is -0.754. The summed E-state index contributed by atoms with van der Waals surface area (Å²) in [4.78, 5) is 50.1. The maximum atomic E-state index is 10.6. The van der Waals surface area contributed by atoms with Crippen LogP contribution in [0.4, 0.5) is 0 Å². The first-order chi connectivity index (χ1) is 10.4. The Bertz CT molecular complexity index is 363. The van der Waals surface area contributed by atoms with Gasteiger partial charge in [-0.1, -0.05) is 0 Å². The third-order valence-corrected chi connectivity index (χ3v) is 1.28. The van der Waals surface area contributed by atoms with Crippen molar-refractivity contribution in [3.05, 3.63) is 0 Å². The van der Waals surface area contributed by atoms with Crippen LogP contribution in [0.5, 0.6) is 0 Å². The number of carbonyl (C=O) groups is 5. The van der Waals surface area contributed by atoms with E-state index in [0.29, 0.717) is 0 Å². The molecule has 0 aliphatic heterocycles. The number of esters is 3. The molecule has 0 unspecified atom stereocenters. The smallest absolute Gasteiger partial charge is 0.303 e. The van der Waals surface area contributed by atoms with Gasteiger partial charge < -0.3 is 24.1 Å². The van der Waals surface area contributed by atoms with E-state index < -0.39 is 30.0 Å². The lowest BCUT2D eigenvalue weighted by molar-refractivity contribution is -0.163. The van der Waals surface area contributed by atoms with Crippen LogP contribution in [-0.4, -0.2) is 54.1 Å². The summed E-state index contributed by atoms with van der Waals surface area (Å²) in [5.74, 6) is -2.18. The maximum Gasteiger partial charge on any atom is 0.303 e. The molecule has 0 aromatic rings. The van der Waals surface area contributed by atoms with Gasteiger partial charge in [-0.3, -0.25) is 19.2 Å². The Hall–Kier alpha value is -2.45. The number of carboxylic acid groups (broad SMARTS) is 1. The minimum Gasteiger partial charge on any atom is -0.481 e. The van der Waals surface area contributed by atoms with Crippen molar-refractivity contribution in [1.29, 1.82) is 0 Å². The van der Waals surface area contributed by atoms with Gasteiger partial charge >= 0.3 is 17.9 Å². The average Bonchev–Trinajstić information content (AvgIpc) is 2.30. The molecule has 9 nitrogen and oxygen atoms in total. The second-order valence-corrected chi connectivity index (χ2v) is 4.26. The molecule has 0 saturated heterocycles. The molecule has 134 valence electrons. The van der Waals surface area contributed by atoms with E-state index in [4.69, 9.17) is 14.6 Å². The van der Waals surface area contributed by atoms with Crippen molar-refractivity contribution in [2.75, 3.05) is 13.2 Å². The van der Waals surface area contributed by atoms with Crippen molar-refractivity contribution in [2.24, 2.45) is 0 Å². The van der Waals surface area contributed by atoms with E-state index in [0.717, 1.165) is 6.92 Å². The number of aliphatic carboxylic acids is 1. The second kappa shape index (κ2) is 15.9. The van der Waals surface area contributed by atoms with E-state index in [1.54, 1.807) is 0 Å². The monoisotopic (exact) mass is 336 g/mol. The summed E-state index contributed by atoms with van der Waals surface area (Å²) in [5.41, 5.74) is 0. The normalized spacial score (nSPS) is 8.48. The van der Waals surface area contributed by atoms with Crippen LogP contribution < -0.4 is 0 Å². The predicted molar refractivity (Wildman–Crippen MR) is 78.5 cm³/mol. The summed E-state index contributed by atoms with van der Waals surface area (Å²) >= 11 is 0. The standard InChI is InChI=1S/C9H14O6.C3H6O.C2H4O2/c1-6(10)13-4-9(15-8(3)12)5-14-7(2)11;1-3(2)4;1-2(3)4/h9H,4-5H2,1-3H3;1-2H3;1H3,(H,3,4). The molecule has 1 N–H and O–H groups in total. The van der Waals surface area contributed by atoms with Gasteiger partial charge in [0.05, 0.1) is 0 Å². The molecule has 0 saturated carbocycles. The fourth-order valence-corrected chi connectivity index (χ4v) is 0.771. The molecule has 0 radical (unpaired) electrons. The van der Waals surface area contributed by atoms with E-state index in [2.05, 4.69) is 9.47 Å². The van der Waals surface area contributed by atoms with Crippen LogP contribution in [0.15, 0.2) is 0 Å². The van der Waals surface area contributed by atoms with Crippen LogP contribution in [0.25, 0.3) is 0 Å². The fraction of sp³-hybridized carbons (Fsp3) is 0.643. The van der Waals surface area contributed by atoms with Crippen molar-refractivity contribution in [3.8, 4) is 0 Å². The van der Waals surface area contributed by atoms with E-state index in [9.17, 15) is 19.2 Å². The highest BCUT2D eigenvalue weighted by Crippen LogP contribution is 1.97. The Morgan fingerprint density at radius 2 is 1.00 bits per heavy atom. The van der Waals surface area contributed by atoms with Gasteiger partial charge in [-0.2, -0.15) is 0 Å². The van der Waals surface area contributed by atoms with E-state index >= 15 is 0 Å². The Labute approximate surface area is 134 Å². The SMILES string of the molecule is CC(=O)O.CC(=O)OCC(COC(C)=O)OC(C)=O.CC(C)=O. The summed E-state index contributed by atoms with van der Waals surface area (Å²) in [5, 5.41) is 7.42. The molecule has 23 heavy (non-hydrogen) atoms. The zero-order valence-corrected chi connectivity index (χ0v) is 14.2. The summed E-state index contributed by atoms with van der Waals surface area (Å²) in [7, 11) is 0. The molecule has 0 bridgehead atoms. The van der Waals surface area contributed by atoms with Crippen molar-refractivity contribution in [1.82, 2.24) is 0 Å². The molecule has 0 aromatic heterocycles. The van der Waals surface area contributed by atoms with E-state index in [1.807, 2.05) is 0 Å². The average molecular weight is 336 g/mol. The van der Waals surface area contributed by atoms with Crippen LogP contribution >= 0.6 is 0 Å². The molecule has 0 amide bonds. The number of Topliss-reactive ketones (excluding diaryl/α,β-unsaturated/α-hetero) is 1. The predicted octanol–water partition coefficient (Wildman–Crippen LogP) is 0.730. The minimum atomic E-state index is -0.833. The van der Waals surface area contributed by atoms with Crippen LogP contribution in [0.1, 0.15) is 41.5 Å². The van der Waals surface area contributed by atoms with E-state index in [1.165, 1.54) is 34.6 Å². The zero-order chi connectivity index (χ0) is 19.0. The van der Waals surface area contributed by atoms with Crippen molar-refractivity contribution < 1.29 is 43.3 Å². The summed E-state index contributed by atoms with van der Waals surface area (Å²) in [6, 6.07) is 0. The van der Waals surface area contributed by atoms with Crippen molar-refractivity contribution >= 4 is 29.7 Å². The Kier molecular flexibility index (Phi) is 17.7. The van der Waals surface area contributed by atoms with Gasteiger partial charge in [0.15, 0.2) is 6.10 Å². The van der Waals surface area contributed by atoms with Gasteiger partial charge in [0.1, 0.15) is 19.0 Å². The largest absolute Gasteiger partial charge is 0.481 e. The highest BCUT2D eigenvalue weighted by atomic mass is 16.6. The van der Waals surface area contributed by atoms with Gasteiger partial charge in [-0.15, -0.1) is 0 Å². The lowest BCUT2D eigenvalue weighted by atomic mass is 10.4. The third kappa shape index (κ3) is 45.1. The first kappa shape index (κ1) is 25.5. The zero-order valence-electron chi connectivity index (χ0n) is 14.2. The van der Waals surface area contributed by atoms with Crippen LogP contribution in [0, 0.1) is 0 Å². The Balaban J connectivity index is -0.000000413. The van der Waals surface area contributed by atoms with Gasteiger partial charge in [0, 0.05) is 27.7 Å². The second-order valence-electron chi connectivity index (χ2n) is 4.26. The van der Waals surface area contributed by atoms with Gasteiger partial charge in [-0.05, 0) is 13.8 Å². The number of hydrogen-bond donors (Lipinski definition) is 1. The number of rotatable bonds is 5. The highest BCUT2D eigenvalue weighted by Gasteiger charge is 2.15. The summed E-state index contributed by atoms with van der Waals surface area (Å²) < 4.78 is 14.0. The molecule has 0 aromatic carbocycles. The van der Waals surface area contributed by atoms with Gasteiger partial charge in [0.25, 0.3) is 5.97 Å². The molecule has 0 spiro atoms. The topological polar surface area (TPSA) is 133 Å². The molecule has 0 aliphatic rings. The fourth-order valence-electron chi connectivity index (χ4n) is 0.771. The van der Waals surface area contributed by atoms with Gasteiger partial charge in [0.2, 0.25) is 0 Å². The molecule has 0 aliphatic carbocycles. The minimum absolute atomic E-state index is 0.123. The first-order valence-electron chi connectivity index (χ1n) is 6.49. The number of hydrogen-bond acceptors (Lipinski definition) is 8. The molecule has 9 heteroatoms. The molecule has 0 atom stereocenters. The Morgan fingerprint density at radius 1 is 0.739 bits per heavy atom. The highest BCUT2D eigenvalue weighted by molar-refractivity contribution is 5.72. The molecular weight excluding hydrogens is 312 g/mol. The van der Waals surface area contributed by atoms with Crippen molar-refractivity contribution in [3.63, 3.8) is 0 Å². The lowest BCUT2D eigenvalue weighted by Gasteiger charge is -2.15. The van der Waals surface area contributed by atoms with Crippen LogP contribution in [0.3, 0.4) is 0 Å². The first-order valence-corrected chi connectivity index (χ1v) is 6.49. The summed E-state index contributed by atoms with van der Waals surface area (Å²) in [6.45, 7) is 7.58. The lowest BCUT2D eigenvalue weighted by Crippen LogP contribution is -2.29. The number of carbonyl (C=O) groups excluding carboxylic acids is 4. The molecular formula is C14H24O9. The number of ether oxygens (including phenoxy) is 3. The van der Waals surface area contributed by atoms with E-state index in [-0.39, 0.29) is 19.0 Å². The number of ketones is 1. The van der Waals surface area contributed by atoms with Crippen LogP contribution in [-0.2, 0) is 38.2 Å². The molecule has 0 fully saturated rings.